The summed E-state index contributed by atoms with van der Waals surface area (Å²) in [6.45, 7) is 0. The maximum Gasteiger partial charge on any atom is 0.177 e. The van der Waals surface area contributed by atoms with Gasteiger partial charge >= 0.3 is 0 Å². The normalized spacial score (nSPS) is 19.6. The quantitative estimate of drug-likeness (QED) is 0.758. The van der Waals surface area contributed by atoms with E-state index in [0.29, 0.717) is 0 Å². The fourth-order valence-electron chi connectivity index (χ4n) is 2.18. The Kier molecular flexibility index (Phi) is 2.85. The smallest absolute Gasteiger partial charge is 0.177 e. The predicted octanol–water partition coefficient (Wildman–Crippen LogP) is 3.31. The number of nitrogens with zero attached hydrogens (tertiary/aromatic N) is 1. The zero-order chi connectivity index (χ0) is 11.7. The second-order valence-corrected chi connectivity index (χ2v) is 5.59. The summed E-state index contributed by atoms with van der Waals surface area (Å²) in [7, 11) is 0. The average molecular weight is 243 g/mol. The molecule has 1 fully saturated rings. The van der Waals surface area contributed by atoms with E-state index in [0.717, 1.165) is 35.1 Å². The van der Waals surface area contributed by atoms with Crippen LogP contribution in [0.2, 0.25) is 0 Å². The van der Waals surface area contributed by atoms with Crippen LogP contribution in [0.1, 0.15) is 23.2 Å². The number of carbonyl (C=O) groups is 1. The minimum atomic E-state index is 0.151. The second kappa shape index (κ2) is 4.49. The summed E-state index contributed by atoms with van der Waals surface area (Å²) >= 11 is 1.77. The van der Waals surface area contributed by atoms with Gasteiger partial charge in [0.1, 0.15) is 0 Å². The molecule has 2 heterocycles. The number of Topliss-reactive ketones (excluding diaryl/α,β-unsaturated/α-hetero) is 1. The molecular weight excluding hydrogens is 230 g/mol. The topological polar surface area (TPSA) is 30.0 Å². The van der Waals surface area contributed by atoms with Crippen molar-refractivity contribution >= 4 is 28.4 Å². The van der Waals surface area contributed by atoms with Crippen LogP contribution in [0.25, 0.3) is 10.9 Å². The highest BCUT2D eigenvalue weighted by molar-refractivity contribution is 8.00. The summed E-state index contributed by atoms with van der Waals surface area (Å²) in [5.74, 6) is 1.35. The summed E-state index contributed by atoms with van der Waals surface area (Å²) in [5, 5.41) is 1.19. The number of ketones is 1. The molecule has 0 bridgehead atoms. The summed E-state index contributed by atoms with van der Waals surface area (Å²) in [4.78, 5) is 16.6. The van der Waals surface area contributed by atoms with Crippen molar-refractivity contribution in [3.63, 3.8) is 0 Å². The summed E-state index contributed by atoms with van der Waals surface area (Å²) in [5.41, 5.74) is 1.70. The van der Waals surface area contributed by atoms with Gasteiger partial charge in [-0.15, -0.1) is 0 Å². The molecule has 17 heavy (non-hydrogen) atoms. The standard InChI is InChI=1S/C14H13NOS/c16-14(13-6-3-7-17-13)11-8-10-4-1-2-5-12(10)15-9-11/h1-2,4-5,8-9,13H,3,6-7H2. The lowest BCUT2D eigenvalue weighted by atomic mass is 10.1. The lowest BCUT2D eigenvalue weighted by molar-refractivity contribution is 0.0988. The Morgan fingerprint density at radius 1 is 1.35 bits per heavy atom. The van der Waals surface area contributed by atoms with Gasteiger partial charge in [-0.05, 0) is 30.7 Å². The molecule has 0 radical (unpaired) electrons. The molecule has 1 saturated heterocycles. The van der Waals surface area contributed by atoms with Crippen LogP contribution in [0, 0.1) is 0 Å². The Morgan fingerprint density at radius 2 is 2.24 bits per heavy atom. The molecule has 3 heteroatoms. The lowest BCUT2D eigenvalue weighted by Crippen LogP contribution is -2.14. The molecule has 0 saturated carbocycles. The maximum atomic E-state index is 12.2. The van der Waals surface area contributed by atoms with Crippen molar-refractivity contribution in [1.82, 2.24) is 4.98 Å². The van der Waals surface area contributed by atoms with Crippen molar-refractivity contribution in [1.29, 1.82) is 0 Å². The Labute approximate surface area is 104 Å². The third-order valence-corrected chi connectivity index (χ3v) is 4.47. The predicted molar refractivity (Wildman–Crippen MR) is 71.6 cm³/mol. The van der Waals surface area contributed by atoms with E-state index in [-0.39, 0.29) is 11.0 Å². The third-order valence-electron chi connectivity index (χ3n) is 3.10. The molecule has 1 unspecified atom stereocenters. The van der Waals surface area contributed by atoms with E-state index in [1.165, 1.54) is 0 Å². The number of hydrogen-bond donors (Lipinski definition) is 0. The van der Waals surface area contributed by atoms with Crippen molar-refractivity contribution in [2.75, 3.05) is 5.75 Å². The zero-order valence-electron chi connectivity index (χ0n) is 9.43. The first-order valence-corrected chi connectivity index (χ1v) is 6.90. The van der Waals surface area contributed by atoms with Crippen LogP contribution in [0.4, 0.5) is 0 Å². The second-order valence-electron chi connectivity index (χ2n) is 4.28. The Bertz CT molecular complexity index is 561. The molecule has 1 aromatic heterocycles. The molecule has 3 rings (SSSR count). The van der Waals surface area contributed by atoms with Crippen molar-refractivity contribution < 1.29 is 4.79 Å². The monoisotopic (exact) mass is 243 g/mol. The van der Waals surface area contributed by atoms with Crippen molar-refractivity contribution in [2.45, 2.75) is 18.1 Å². The molecule has 1 atom stereocenters. The molecule has 0 aliphatic carbocycles. The Morgan fingerprint density at radius 3 is 3.06 bits per heavy atom. The summed E-state index contributed by atoms with van der Waals surface area (Å²) in [6, 6.07) is 9.87. The number of para-hydroxylation sites is 1. The number of thioether (sulfide) groups is 1. The SMILES string of the molecule is O=C(c1cnc2ccccc2c1)C1CCCS1. The van der Waals surface area contributed by atoms with Crippen LogP contribution < -0.4 is 0 Å². The van der Waals surface area contributed by atoms with Gasteiger partial charge < -0.3 is 0 Å². The van der Waals surface area contributed by atoms with Gasteiger partial charge in [-0.1, -0.05) is 18.2 Å². The minimum absolute atomic E-state index is 0.151. The molecule has 1 aromatic carbocycles. The maximum absolute atomic E-state index is 12.2. The van der Waals surface area contributed by atoms with Crippen LogP contribution in [0.3, 0.4) is 0 Å². The third kappa shape index (κ3) is 2.07. The molecule has 1 aliphatic rings. The molecule has 1 aliphatic heterocycles. The number of hydrogen-bond acceptors (Lipinski definition) is 3. The first-order valence-electron chi connectivity index (χ1n) is 5.85. The summed E-state index contributed by atoms with van der Waals surface area (Å²) in [6.07, 6.45) is 3.88. The number of carbonyl (C=O) groups excluding carboxylic acids is 1. The molecule has 0 amide bonds. The van der Waals surface area contributed by atoms with Crippen LogP contribution >= 0.6 is 11.8 Å². The van der Waals surface area contributed by atoms with Gasteiger partial charge in [0.05, 0.1) is 10.8 Å². The number of rotatable bonds is 2. The van der Waals surface area contributed by atoms with Crippen LogP contribution in [-0.4, -0.2) is 21.8 Å². The highest BCUT2D eigenvalue weighted by Gasteiger charge is 2.24. The number of benzene rings is 1. The lowest BCUT2D eigenvalue weighted by Gasteiger charge is -2.07. The van der Waals surface area contributed by atoms with E-state index in [1.807, 2.05) is 30.3 Å². The molecular formula is C14H13NOS. The summed E-state index contributed by atoms with van der Waals surface area (Å²) < 4.78 is 0. The van der Waals surface area contributed by atoms with Crippen LogP contribution in [-0.2, 0) is 0 Å². The van der Waals surface area contributed by atoms with Gasteiger partial charge in [0.25, 0.3) is 0 Å². The molecule has 2 nitrogen and oxygen atoms in total. The van der Waals surface area contributed by atoms with Gasteiger partial charge in [0.2, 0.25) is 0 Å². The highest BCUT2D eigenvalue weighted by Crippen LogP contribution is 2.29. The molecule has 86 valence electrons. The number of aromatic nitrogens is 1. The Balaban J connectivity index is 1.97. The van der Waals surface area contributed by atoms with Crippen LogP contribution in [0.15, 0.2) is 36.5 Å². The number of fused-ring (bicyclic) bond motifs is 1. The zero-order valence-corrected chi connectivity index (χ0v) is 10.2. The molecule has 0 spiro atoms. The van der Waals surface area contributed by atoms with Crippen molar-refractivity contribution in [3.05, 3.63) is 42.1 Å². The van der Waals surface area contributed by atoms with E-state index >= 15 is 0 Å². The van der Waals surface area contributed by atoms with E-state index in [9.17, 15) is 4.79 Å². The van der Waals surface area contributed by atoms with E-state index < -0.39 is 0 Å². The van der Waals surface area contributed by atoms with Crippen molar-refractivity contribution in [2.24, 2.45) is 0 Å². The van der Waals surface area contributed by atoms with Gasteiger partial charge in [-0.25, -0.2) is 0 Å². The fourth-order valence-corrected chi connectivity index (χ4v) is 3.41. The average Bonchev–Trinajstić information content (AvgIpc) is 2.91. The molecule has 2 aromatic rings. The van der Waals surface area contributed by atoms with E-state index in [4.69, 9.17) is 0 Å². The van der Waals surface area contributed by atoms with E-state index in [2.05, 4.69) is 4.98 Å². The van der Waals surface area contributed by atoms with Gasteiger partial charge in [-0.3, -0.25) is 9.78 Å². The fraction of sp³-hybridized carbons (Fsp3) is 0.286. The van der Waals surface area contributed by atoms with E-state index in [1.54, 1.807) is 18.0 Å². The van der Waals surface area contributed by atoms with Crippen LogP contribution in [0.5, 0.6) is 0 Å². The first-order chi connectivity index (χ1) is 8.34. The highest BCUT2D eigenvalue weighted by atomic mass is 32.2. The first kappa shape index (κ1) is 10.8. The van der Waals surface area contributed by atoms with Gasteiger partial charge in [-0.2, -0.15) is 11.8 Å². The largest absolute Gasteiger partial charge is 0.293 e. The van der Waals surface area contributed by atoms with Crippen molar-refractivity contribution in [3.8, 4) is 0 Å². The molecule has 0 N–H and O–H groups in total. The van der Waals surface area contributed by atoms with Gasteiger partial charge in [0, 0.05) is 17.1 Å². The van der Waals surface area contributed by atoms with Gasteiger partial charge in [0.15, 0.2) is 5.78 Å². The minimum Gasteiger partial charge on any atom is -0.293 e. The Hall–Kier alpha value is -1.35. The number of pyridine rings is 1.